The van der Waals surface area contributed by atoms with E-state index < -0.39 is 65.9 Å². The number of esters is 1. The van der Waals surface area contributed by atoms with Crippen molar-refractivity contribution in [2.45, 2.75) is 151 Å². The number of aliphatic hydroxyl groups is 1. The van der Waals surface area contributed by atoms with Crippen molar-refractivity contribution in [1.29, 1.82) is 0 Å². The van der Waals surface area contributed by atoms with Crippen molar-refractivity contribution >= 4 is 35.5 Å². The van der Waals surface area contributed by atoms with Gasteiger partial charge in [0.1, 0.15) is 30.8 Å². The van der Waals surface area contributed by atoms with E-state index in [9.17, 15) is 33.9 Å². The van der Waals surface area contributed by atoms with Crippen LogP contribution in [0.4, 0.5) is 0 Å². The molecule has 0 spiro atoms. The van der Waals surface area contributed by atoms with E-state index in [0.717, 1.165) is 11.1 Å². The monoisotopic (exact) mass is 822 g/mol. The molecule has 0 aliphatic carbocycles. The molecule has 0 aromatic heterocycles. The second kappa shape index (κ2) is 25.6. The Kier molecular flexibility index (Phi) is 21.9. The second-order valence-corrected chi connectivity index (χ2v) is 17.2. The molecule has 2 rings (SSSR count). The molecular weight excluding hydrogens is 751 g/mol. The first-order chi connectivity index (χ1) is 27.8. The molecule has 6 N–H and O–H groups in total. The highest BCUT2D eigenvalue weighted by molar-refractivity contribution is 5.93. The summed E-state index contributed by atoms with van der Waals surface area (Å²) in [6.45, 7) is 18.7. The zero-order chi connectivity index (χ0) is 44.2. The third-order valence-corrected chi connectivity index (χ3v) is 10.2. The van der Waals surface area contributed by atoms with Crippen molar-refractivity contribution in [3.8, 4) is 0 Å². The third kappa shape index (κ3) is 18.4. The first kappa shape index (κ1) is 50.4. The highest BCUT2D eigenvalue weighted by Gasteiger charge is 2.34. The van der Waals surface area contributed by atoms with Crippen molar-refractivity contribution in [2.24, 2.45) is 29.6 Å². The largest absolute Gasteiger partial charge is 0.459 e. The number of nitrogens with one attached hydrogen (secondary N) is 5. The molecule has 59 heavy (non-hydrogen) atoms. The Morgan fingerprint density at radius 2 is 1.15 bits per heavy atom. The number of carbonyl (C=O) groups is 6. The van der Waals surface area contributed by atoms with E-state index in [4.69, 9.17) is 4.74 Å². The molecule has 0 fully saturated rings. The van der Waals surface area contributed by atoms with Crippen LogP contribution in [-0.4, -0.2) is 76.9 Å². The number of benzene rings is 2. The van der Waals surface area contributed by atoms with E-state index in [2.05, 4.69) is 26.6 Å². The number of amides is 5. The van der Waals surface area contributed by atoms with Gasteiger partial charge >= 0.3 is 5.97 Å². The summed E-state index contributed by atoms with van der Waals surface area (Å²) < 4.78 is 5.52. The van der Waals surface area contributed by atoms with Crippen LogP contribution in [0.2, 0.25) is 0 Å². The second-order valence-electron chi connectivity index (χ2n) is 17.2. The maximum absolute atomic E-state index is 13.9. The van der Waals surface area contributed by atoms with Gasteiger partial charge in [-0.25, -0.2) is 4.79 Å². The Balaban J connectivity index is 2.18. The highest BCUT2D eigenvalue weighted by Crippen LogP contribution is 2.16. The lowest BCUT2D eigenvalue weighted by molar-refractivity contribution is -0.150. The molecule has 0 heterocycles. The van der Waals surface area contributed by atoms with Gasteiger partial charge in [0.15, 0.2) is 0 Å². The van der Waals surface area contributed by atoms with Gasteiger partial charge in [-0.3, -0.25) is 24.0 Å². The number of carbonyl (C=O) groups excluding carboxylic acids is 6. The minimum absolute atomic E-state index is 0.0457. The van der Waals surface area contributed by atoms with E-state index in [1.165, 1.54) is 0 Å². The molecule has 2 aromatic carbocycles. The first-order valence-corrected chi connectivity index (χ1v) is 21.2. The zero-order valence-corrected chi connectivity index (χ0v) is 36.9. The SMILES string of the molecule is CC[C@H](C)[C@H](NC(=O)CC[C@H](O)[C@H](Cc1ccccc1)NC(=O)[C@@H](NC(=O)[C@H](CC(C)C)NC(=O)CC(C)C)C(C)C)C(=O)N[C@H](C(=O)OCc1ccccc1)C(C)C. The highest BCUT2D eigenvalue weighted by atomic mass is 16.5. The number of hydrogen-bond donors (Lipinski definition) is 6. The zero-order valence-electron chi connectivity index (χ0n) is 36.9. The molecule has 13 nitrogen and oxygen atoms in total. The lowest BCUT2D eigenvalue weighted by Crippen LogP contribution is -2.58. The number of ether oxygens (including phenoxy) is 1. The van der Waals surface area contributed by atoms with E-state index >= 15 is 0 Å². The maximum atomic E-state index is 13.9. The summed E-state index contributed by atoms with van der Waals surface area (Å²) in [4.78, 5) is 80.3. The van der Waals surface area contributed by atoms with Crippen molar-refractivity contribution in [3.05, 3.63) is 71.8 Å². The van der Waals surface area contributed by atoms with Crippen LogP contribution in [0.25, 0.3) is 0 Å². The quantitative estimate of drug-likeness (QED) is 0.0755. The standard InChI is InChI=1S/C46H71N5O8/c1-11-32(10)42(45(57)51-41(31(8)9)46(58)59-27-34-20-16-13-17-21-34)49-38(53)23-22-37(52)35(26-33-18-14-12-15-19-33)48-44(56)40(30(6)7)50-43(55)36(24-28(2)3)47-39(54)25-29(4)5/h12-21,28-32,35-37,40-42,52H,11,22-27H2,1-10H3,(H,47,54)(H,48,56)(H,49,53)(H,50,55)(H,51,57)/t32-,35-,36-,37-,40-,41-,42-/m0/s1. The summed E-state index contributed by atoms with van der Waals surface area (Å²) in [5.74, 6) is -3.50. The molecule has 2 aromatic rings. The summed E-state index contributed by atoms with van der Waals surface area (Å²) in [5.41, 5.74) is 1.65. The normalized spacial score (nSPS) is 15.0. The summed E-state index contributed by atoms with van der Waals surface area (Å²) in [6.07, 6.45) is 0.0692. The molecule has 328 valence electrons. The molecule has 13 heteroatoms. The van der Waals surface area contributed by atoms with Gasteiger partial charge in [0.05, 0.1) is 12.1 Å². The van der Waals surface area contributed by atoms with Gasteiger partial charge in [-0.15, -0.1) is 0 Å². The summed E-state index contributed by atoms with van der Waals surface area (Å²) in [5, 5.41) is 25.8. The number of hydrogen-bond acceptors (Lipinski definition) is 8. The van der Waals surface area contributed by atoms with Gasteiger partial charge in [-0.2, -0.15) is 0 Å². The van der Waals surface area contributed by atoms with Crippen LogP contribution in [-0.2, 0) is 46.5 Å². The summed E-state index contributed by atoms with van der Waals surface area (Å²) >= 11 is 0. The first-order valence-electron chi connectivity index (χ1n) is 21.2. The van der Waals surface area contributed by atoms with Crippen LogP contribution >= 0.6 is 0 Å². The van der Waals surface area contributed by atoms with E-state index in [1.807, 2.05) is 102 Å². The predicted octanol–water partition coefficient (Wildman–Crippen LogP) is 4.99. The van der Waals surface area contributed by atoms with Crippen molar-refractivity contribution in [2.75, 3.05) is 0 Å². The van der Waals surface area contributed by atoms with Crippen molar-refractivity contribution < 1.29 is 38.6 Å². The lowest BCUT2D eigenvalue weighted by atomic mass is 9.95. The van der Waals surface area contributed by atoms with Gasteiger partial charge < -0.3 is 36.4 Å². The summed E-state index contributed by atoms with van der Waals surface area (Å²) in [7, 11) is 0. The van der Waals surface area contributed by atoms with E-state index in [0.29, 0.717) is 12.8 Å². The van der Waals surface area contributed by atoms with E-state index in [1.54, 1.807) is 27.7 Å². The lowest BCUT2D eigenvalue weighted by Gasteiger charge is -2.30. The molecule has 0 radical (unpaired) electrons. The molecule has 0 bridgehead atoms. The van der Waals surface area contributed by atoms with Crippen molar-refractivity contribution in [1.82, 2.24) is 26.6 Å². The molecule has 0 aliphatic rings. The van der Waals surface area contributed by atoms with Gasteiger partial charge in [0.2, 0.25) is 29.5 Å². The van der Waals surface area contributed by atoms with Crippen molar-refractivity contribution in [3.63, 3.8) is 0 Å². The number of aliphatic hydroxyl groups excluding tert-OH is 1. The minimum atomic E-state index is -1.18. The van der Waals surface area contributed by atoms with Crippen LogP contribution < -0.4 is 26.6 Å². The van der Waals surface area contributed by atoms with Crippen LogP contribution in [0.3, 0.4) is 0 Å². The van der Waals surface area contributed by atoms with Gasteiger partial charge in [-0.1, -0.05) is 136 Å². The fourth-order valence-corrected chi connectivity index (χ4v) is 6.53. The maximum Gasteiger partial charge on any atom is 0.329 e. The average Bonchev–Trinajstić information content (AvgIpc) is 3.18. The van der Waals surface area contributed by atoms with Crippen LogP contribution in [0.5, 0.6) is 0 Å². The summed E-state index contributed by atoms with van der Waals surface area (Å²) in [6, 6.07) is 14.0. The Morgan fingerprint density at radius 1 is 0.610 bits per heavy atom. The molecule has 0 saturated heterocycles. The predicted molar refractivity (Wildman–Crippen MR) is 229 cm³/mol. The molecular formula is C46H71N5O8. The Labute approximate surface area is 352 Å². The van der Waals surface area contributed by atoms with Crippen LogP contribution in [0.15, 0.2) is 60.7 Å². The molecule has 7 atom stereocenters. The fraction of sp³-hybridized carbons (Fsp3) is 0.609. The Bertz CT molecular complexity index is 1620. The smallest absolute Gasteiger partial charge is 0.329 e. The molecule has 5 amide bonds. The van der Waals surface area contributed by atoms with Gasteiger partial charge in [-0.05, 0) is 60.0 Å². The fourth-order valence-electron chi connectivity index (χ4n) is 6.53. The third-order valence-electron chi connectivity index (χ3n) is 10.2. The average molecular weight is 822 g/mol. The topological polar surface area (TPSA) is 192 Å². The van der Waals surface area contributed by atoms with Gasteiger partial charge in [0, 0.05) is 12.8 Å². The van der Waals surface area contributed by atoms with E-state index in [-0.39, 0.29) is 67.8 Å². The molecule has 0 saturated carbocycles. The van der Waals surface area contributed by atoms with Crippen LogP contribution in [0, 0.1) is 29.6 Å². The Hall–Kier alpha value is -4.78. The number of rotatable bonds is 25. The van der Waals surface area contributed by atoms with Gasteiger partial charge in [0.25, 0.3) is 0 Å². The Morgan fingerprint density at radius 3 is 1.68 bits per heavy atom. The molecule has 0 unspecified atom stereocenters. The van der Waals surface area contributed by atoms with Crippen LogP contribution in [0.1, 0.15) is 112 Å². The minimum Gasteiger partial charge on any atom is -0.459 e. The molecule has 0 aliphatic heterocycles.